The van der Waals surface area contributed by atoms with Gasteiger partial charge in [-0.05, 0) is 30.1 Å². The number of hydrogen-bond acceptors (Lipinski definition) is 6. The number of carbonyl (C=O) groups is 1. The van der Waals surface area contributed by atoms with E-state index in [1.165, 1.54) is 0 Å². The zero-order chi connectivity index (χ0) is 18.4. The molecule has 0 aliphatic heterocycles. The number of carbonyl (C=O) groups excluding carboxylic acids is 1. The van der Waals surface area contributed by atoms with Gasteiger partial charge in [0.1, 0.15) is 11.6 Å². The highest BCUT2D eigenvalue weighted by molar-refractivity contribution is 7.10. The molecule has 25 heavy (non-hydrogen) atoms. The average Bonchev–Trinajstić information content (AvgIpc) is 3.03. The Labute approximate surface area is 151 Å². The largest absolute Gasteiger partial charge is 0.389 e. The number of hydrogen-bond donors (Lipinski definition) is 0. The third-order valence-corrected chi connectivity index (χ3v) is 4.42. The van der Waals surface area contributed by atoms with Gasteiger partial charge in [-0.2, -0.15) is 14.6 Å². The van der Waals surface area contributed by atoms with Gasteiger partial charge < -0.3 is 9.64 Å². The van der Waals surface area contributed by atoms with Crippen LogP contribution in [-0.4, -0.2) is 35.4 Å². The quantitative estimate of drug-likeness (QED) is 0.471. The van der Waals surface area contributed by atoms with Crippen LogP contribution in [0.4, 0.5) is 5.00 Å². The topological polar surface area (TPSA) is 78.6 Å². The maximum Gasteiger partial charge on any atom is 0.345 e. The van der Waals surface area contributed by atoms with Crippen molar-refractivity contribution in [1.82, 2.24) is 9.27 Å². The minimum atomic E-state index is -0.502. The molecule has 0 spiro atoms. The van der Waals surface area contributed by atoms with Crippen LogP contribution in [0.1, 0.15) is 47.8 Å². The van der Waals surface area contributed by atoms with Crippen molar-refractivity contribution in [3.8, 4) is 6.07 Å². The third-order valence-electron chi connectivity index (χ3n) is 3.66. The molecular weight excluding hydrogens is 336 g/mol. The summed E-state index contributed by atoms with van der Waals surface area (Å²) in [6.45, 7) is 4.06. The van der Waals surface area contributed by atoms with Gasteiger partial charge in [0, 0.05) is 20.0 Å². The molecule has 6 nitrogen and oxygen atoms in total. The molecule has 0 saturated carbocycles. The number of ether oxygens (including phenoxy) is 1. The normalized spacial score (nSPS) is 12.4. The van der Waals surface area contributed by atoms with Crippen LogP contribution in [-0.2, 0) is 4.74 Å². The van der Waals surface area contributed by atoms with E-state index >= 15 is 0 Å². The van der Waals surface area contributed by atoms with Crippen LogP contribution in [0.25, 0.3) is 0 Å². The Balaban J connectivity index is 2.33. The molecule has 1 heterocycles. The minimum Gasteiger partial charge on any atom is -0.389 e. The van der Waals surface area contributed by atoms with E-state index in [1.54, 1.807) is 43.3 Å². The number of nitriles is 1. The average molecular weight is 356 g/mol. The second-order valence-electron chi connectivity index (χ2n) is 5.71. The minimum absolute atomic E-state index is 0.115. The van der Waals surface area contributed by atoms with E-state index in [0.717, 1.165) is 23.6 Å². The maximum atomic E-state index is 12.3. The predicted molar refractivity (Wildman–Crippen MR) is 98.2 cm³/mol. The fourth-order valence-electron chi connectivity index (χ4n) is 2.02. The third kappa shape index (κ3) is 4.43. The summed E-state index contributed by atoms with van der Waals surface area (Å²) >= 11 is 1.14. The Bertz CT molecular complexity index is 806. The van der Waals surface area contributed by atoms with E-state index in [2.05, 4.69) is 15.4 Å². The Morgan fingerprint density at radius 1 is 1.40 bits per heavy atom. The van der Waals surface area contributed by atoms with Crippen LogP contribution in [0.5, 0.6) is 0 Å². The number of nitrogens with zero attached hydrogens (tertiary/aromatic N) is 4. The first-order valence-corrected chi connectivity index (χ1v) is 8.68. The van der Waals surface area contributed by atoms with Gasteiger partial charge in [-0.3, -0.25) is 0 Å². The van der Waals surface area contributed by atoms with Gasteiger partial charge in [0.25, 0.3) is 0 Å². The first kappa shape index (κ1) is 18.6. The standard InChI is InChI=1S/C18H20N4O2S/c1-5-12(2)15-14(11-19)16(25-21-15)20-18(22(3)4)24-17(23)13-9-7-6-8-10-13/h6-10,12H,5H2,1-4H3/b20-18+. The summed E-state index contributed by atoms with van der Waals surface area (Å²) in [5, 5.41) is 9.92. The van der Waals surface area contributed by atoms with Gasteiger partial charge in [0.2, 0.25) is 0 Å². The van der Waals surface area contributed by atoms with Crippen LogP contribution in [0, 0.1) is 11.3 Å². The van der Waals surface area contributed by atoms with Crippen molar-refractivity contribution >= 4 is 28.5 Å². The van der Waals surface area contributed by atoms with Crippen LogP contribution < -0.4 is 0 Å². The van der Waals surface area contributed by atoms with Crippen LogP contribution in [0.15, 0.2) is 35.3 Å². The molecule has 2 aromatic rings. The summed E-state index contributed by atoms with van der Waals surface area (Å²) in [4.78, 5) is 18.2. The summed E-state index contributed by atoms with van der Waals surface area (Å²) < 4.78 is 9.76. The number of benzene rings is 1. The number of amidine groups is 1. The summed E-state index contributed by atoms with van der Waals surface area (Å²) in [6.07, 6.45) is 0.880. The van der Waals surface area contributed by atoms with Gasteiger partial charge in [0.05, 0.1) is 11.3 Å². The maximum absolute atomic E-state index is 12.3. The Kier molecular flexibility index (Phi) is 6.25. The van der Waals surface area contributed by atoms with Crippen molar-refractivity contribution in [1.29, 1.82) is 5.26 Å². The molecule has 0 amide bonds. The number of aliphatic imine (C=N–C) groups is 1. The molecule has 0 aliphatic rings. The lowest BCUT2D eigenvalue weighted by molar-refractivity contribution is 0.0691. The van der Waals surface area contributed by atoms with Crippen molar-refractivity contribution in [2.24, 2.45) is 4.99 Å². The van der Waals surface area contributed by atoms with E-state index in [0.29, 0.717) is 16.1 Å². The van der Waals surface area contributed by atoms with Gasteiger partial charge in [-0.1, -0.05) is 32.0 Å². The van der Waals surface area contributed by atoms with Crippen LogP contribution in [0.2, 0.25) is 0 Å². The van der Waals surface area contributed by atoms with Gasteiger partial charge >= 0.3 is 12.0 Å². The molecule has 1 aromatic carbocycles. The molecule has 1 unspecified atom stereocenters. The van der Waals surface area contributed by atoms with E-state index < -0.39 is 5.97 Å². The molecule has 0 fully saturated rings. The highest BCUT2D eigenvalue weighted by Gasteiger charge is 2.20. The first-order valence-electron chi connectivity index (χ1n) is 7.90. The fraction of sp³-hybridized carbons (Fsp3) is 0.333. The monoisotopic (exact) mass is 356 g/mol. The van der Waals surface area contributed by atoms with E-state index in [4.69, 9.17) is 4.74 Å². The number of aromatic nitrogens is 1. The van der Waals surface area contributed by atoms with Gasteiger partial charge in [-0.15, -0.1) is 0 Å². The zero-order valence-corrected chi connectivity index (χ0v) is 15.5. The van der Waals surface area contributed by atoms with Gasteiger partial charge in [0.15, 0.2) is 5.00 Å². The second-order valence-corrected chi connectivity index (χ2v) is 6.47. The molecule has 1 atom stereocenters. The molecule has 1 aromatic heterocycles. The molecule has 0 aliphatic carbocycles. The molecule has 2 rings (SSSR count). The fourth-order valence-corrected chi connectivity index (χ4v) is 2.84. The Morgan fingerprint density at radius 2 is 2.08 bits per heavy atom. The van der Waals surface area contributed by atoms with E-state index in [-0.39, 0.29) is 11.9 Å². The lowest BCUT2D eigenvalue weighted by atomic mass is 10.0. The predicted octanol–water partition coefficient (Wildman–Crippen LogP) is 3.93. The van der Waals surface area contributed by atoms with Crippen LogP contribution >= 0.6 is 11.5 Å². The molecule has 130 valence electrons. The van der Waals surface area contributed by atoms with Crippen molar-refractivity contribution in [2.75, 3.05) is 14.1 Å². The Hall–Kier alpha value is -2.72. The lowest BCUT2D eigenvalue weighted by Gasteiger charge is -2.14. The molecule has 0 radical (unpaired) electrons. The Morgan fingerprint density at radius 3 is 2.64 bits per heavy atom. The summed E-state index contributed by atoms with van der Waals surface area (Å²) in [5.41, 5.74) is 1.61. The molecule has 7 heteroatoms. The highest BCUT2D eigenvalue weighted by Crippen LogP contribution is 2.33. The lowest BCUT2D eigenvalue weighted by Crippen LogP contribution is -2.27. The molecular formula is C18H20N4O2S. The highest BCUT2D eigenvalue weighted by atomic mass is 32.1. The van der Waals surface area contributed by atoms with Crippen molar-refractivity contribution in [2.45, 2.75) is 26.2 Å². The molecule has 0 bridgehead atoms. The first-order chi connectivity index (χ1) is 12.0. The van der Waals surface area contributed by atoms with Gasteiger partial charge in [-0.25, -0.2) is 4.79 Å². The number of rotatable bonds is 4. The SMILES string of the molecule is CCC(C)c1nsc(/N=C(/OC(=O)c2ccccc2)N(C)C)c1C#N. The summed E-state index contributed by atoms with van der Waals surface area (Å²) in [7, 11) is 3.44. The molecule has 0 N–H and O–H groups in total. The van der Waals surface area contributed by atoms with E-state index in [9.17, 15) is 10.1 Å². The van der Waals surface area contributed by atoms with Crippen molar-refractivity contribution < 1.29 is 9.53 Å². The zero-order valence-electron chi connectivity index (χ0n) is 14.7. The molecule has 0 saturated heterocycles. The van der Waals surface area contributed by atoms with Crippen molar-refractivity contribution in [3.05, 3.63) is 47.2 Å². The smallest absolute Gasteiger partial charge is 0.345 e. The summed E-state index contributed by atoms with van der Waals surface area (Å²) in [5.74, 6) is -0.331. The summed E-state index contributed by atoms with van der Waals surface area (Å²) in [6, 6.07) is 11.0. The van der Waals surface area contributed by atoms with E-state index in [1.807, 2.05) is 19.9 Å². The van der Waals surface area contributed by atoms with Crippen molar-refractivity contribution in [3.63, 3.8) is 0 Å². The van der Waals surface area contributed by atoms with Crippen LogP contribution in [0.3, 0.4) is 0 Å². The number of esters is 1. The second kappa shape index (κ2) is 8.40.